The summed E-state index contributed by atoms with van der Waals surface area (Å²) < 4.78 is 8.04. The Bertz CT molecular complexity index is 1190. The SMILES string of the molecule is CC1CCC(Cc2cn(C)nc2OCc2ccc(-c3ccc4ccccc4n3)cc2)CC1. The van der Waals surface area contributed by atoms with E-state index in [-0.39, 0.29) is 0 Å². The molecule has 5 rings (SSSR count). The molecule has 0 aliphatic heterocycles. The average molecular weight is 426 g/mol. The normalized spacial score (nSPS) is 18.7. The molecule has 1 aliphatic rings. The van der Waals surface area contributed by atoms with E-state index < -0.39 is 0 Å². The van der Waals surface area contributed by atoms with Crippen LogP contribution in [-0.2, 0) is 20.1 Å². The largest absolute Gasteiger partial charge is 0.472 e. The van der Waals surface area contributed by atoms with E-state index in [1.165, 1.54) is 31.2 Å². The zero-order valence-corrected chi connectivity index (χ0v) is 19.0. The molecule has 2 aromatic heterocycles. The minimum Gasteiger partial charge on any atom is -0.472 e. The summed E-state index contributed by atoms with van der Waals surface area (Å²) in [6.07, 6.45) is 8.53. The molecule has 1 saturated carbocycles. The van der Waals surface area contributed by atoms with Gasteiger partial charge in [0, 0.05) is 29.8 Å². The van der Waals surface area contributed by atoms with Crippen LogP contribution in [0, 0.1) is 11.8 Å². The van der Waals surface area contributed by atoms with Crippen molar-refractivity contribution < 1.29 is 4.74 Å². The lowest BCUT2D eigenvalue weighted by molar-refractivity contribution is 0.272. The van der Waals surface area contributed by atoms with Crippen LogP contribution in [0.5, 0.6) is 5.88 Å². The molecule has 1 aliphatic carbocycles. The van der Waals surface area contributed by atoms with Crippen LogP contribution in [0.3, 0.4) is 0 Å². The predicted octanol–water partition coefficient (Wildman–Crippen LogP) is 6.58. The number of nitrogens with zero attached hydrogens (tertiary/aromatic N) is 3. The second kappa shape index (κ2) is 9.15. The van der Waals surface area contributed by atoms with Crippen LogP contribution in [0.1, 0.15) is 43.7 Å². The van der Waals surface area contributed by atoms with Crippen molar-refractivity contribution in [3.05, 3.63) is 78.0 Å². The number of ether oxygens (including phenoxy) is 1. The molecule has 0 saturated heterocycles. The summed E-state index contributed by atoms with van der Waals surface area (Å²) in [7, 11) is 1.98. The van der Waals surface area contributed by atoms with Gasteiger partial charge in [0.1, 0.15) is 6.61 Å². The van der Waals surface area contributed by atoms with Crippen molar-refractivity contribution in [1.29, 1.82) is 0 Å². The number of fused-ring (bicyclic) bond motifs is 1. The first-order chi connectivity index (χ1) is 15.6. The molecular weight excluding hydrogens is 394 g/mol. The Morgan fingerprint density at radius 1 is 0.938 bits per heavy atom. The van der Waals surface area contributed by atoms with Crippen molar-refractivity contribution in [2.24, 2.45) is 18.9 Å². The minimum absolute atomic E-state index is 0.525. The van der Waals surface area contributed by atoms with Gasteiger partial charge in [0.25, 0.3) is 0 Å². The first kappa shape index (κ1) is 20.7. The number of aryl methyl sites for hydroxylation is 1. The summed E-state index contributed by atoms with van der Waals surface area (Å²) in [6.45, 7) is 2.90. The molecule has 0 N–H and O–H groups in total. The molecule has 32 heavy (non-hydrogen) atoms. The standard InChI is InChI=1S/C28H31N3O/c1-20-7-9-21(10-8-20)17-25-18-31(2)30-28(25)32-19-22-11-13-24(14-12-22)27-16-15-23-5-3-4-6-26(23)29-27/h3-6,11-16,18,20-21H,7-10,17,19H2,1-2H3. The van der Waals surface area contributed by atoms with Gasteiger partial charge < -0.3 is 4.74 Å². The highest BCUT2D eigenvalue weighted by Crippen LogP contribution is 2.32. The van der Waals surface area contributed by atoms with Gasteiger partial charge in [-0.3, -0.25) is 4.68 Å². The fraction of sp³-hybridized carbons (Fsp3) is 0.357. The van der Waals surface area contributed by atoms with Gasteiger partial charge >= 0.3 is 0 Å². The number of pyridine rings is 1. The highest BCUT2D eigenvalue weighted by molar-refractivity contribution is 5.81. The Hall–Kier alpha value is -3.14. The van der Waals surface area contributed by atoms with Gasteiger partial charge in [0.2, 0.25) is 5.88 Å². The molecule has 0 radical (unpaired) electrons. The van der Waals surface area contributed by atoms with Crippen molar-refractivity contribution in [2.45, 2.75) is 45.6 Å². The maximum Gasteiger partial charge on any atom is 0.236 e. The summed E-state index contributed by atoms with van der Waals surface area (Å²) in [6, 6.07) is 20.9. The van der Waals surface area contributed by atoms with E-state index in [4.69, 9.17) is 9.72 Å². The number of hydrogen-bond acceptors (Lipinski definition) is 3. The monoisotopic (exact) mass is 425 g/mol. The fourth-order valence-electron chi connectivity index (χ4n) is 4.77. The van der Waals surface area contributed by atoms with Crippen LogP contribution >= 0.6 is 0 Å². The molecule has 0 bridgehead atoms. The molecule has 2 heterocycles. The second-order valence-electron chi connectivity index (χ2n) is 9.34. The third kappa shape index (κ3) is 4.69. The van der Waals surface area contributed by atoms with Crippen LogP contribution in [-0.4, -0.2) is 14.8 Å². The Labute approximate surface area is 190 Å². The maximum absolute atomic E-state index is 6.16. The highest BCUT2D eigenvalue weighted by atomic mass is 16.5. The van der Waals surface area contributed by atoms with E-state index in [1.54, 1.807) is 0 Å². The van der Waals surface area contributed by atoms with Crippen molar-refractivity contribution in [3.8, 4) is 17.1 Å². The molecule has 0 unspecified atom stereocenters. The van der Waals surface area contributed by atoms with Crippen LogP contribution < -0.4 is 4.74 Å². The molecule has 4 aromatic rings. The van der Waals surface area contributed by atoms with E-state index in [2.05, 4.69) is 66.8 Å². The average Bonchev–Trinajstić information content (AvgIpc) is 3.18. The van der Waals surface area contributed by atoms with Gasteiger partial charge in [0.05, 0.1) is 11.2 Å². The molecule has 2 aromatic carbocycles. The van der Waals surface area contributed by atoms with Gasteiger partial charge in [-0.25, -0.2) is 4.98 Å². The van der Waals surface area contributed by atoms with Crippen molar-refractivity contribution >= 4 is 10.9 Å². The Morgan fingerprint density at radius 2 is 1.72 bits per heavy atom. The maximum atomic E-state index is 6.16. The number of hydrogen-bond donors (Lipinski definition) is 0. The van der Waals surface area contributed by atoms with Crippen molar-refractivity contribution in [2.75, 3.05) is 0 Å². The zero-order valence-electron chi connectivity index (χ0n) is 19.0. The predicted molar refractivity (Wildman–Crippen MR) is 130 cm³/mol. The first-order valence-electron chi connectivity index (χ1n) is 11.7. The van der Waals surface area contributed by atoms with Crippen molar-refractivity contribution in [3.63, 3.8) is 0 Å². The zero-order chi connectivity index (χ0) is 21.9. The highest BCUT2D eigenvalue weighted by Gasteiger charge is 2.21. The number of para-hydroxylation sites is 1. The van der Waals surface area contributed by atoms with Crippen LogP contribution in [0.4, 0.5) is 0 Å². The van der Waals surface area contributed by atoms with Gasteiger partial charge in [0.15, 0.2) is 0 Å². The molecule has 0 amide bonds. The molecule has 164 valence electrons. The van der Waals surface area contributed by atoms with E-state index >= 15 is 0 Å². The Morgan fingerprint density at radius 3 is 2.53 bits per heavy atom. The number of aromatic nitrogens is 3. The fourth-order valence-corrected chi connectivity index (χ4v) is 4.77. The van der Waals surface area contributed by atoms with Gasteiger partial charge in [-0.15, -0.1) is 5.10 Å². The van der Waals surface area contributed by atoms with E-state index in [9.17, 15) is 0 Å². The number of rotatable bonds is 6. The van der Waals surface area contributed by atoms with Gasteiger partial charge in [-0.2, -0.15) is 0 Å². The second-order valence-corrected chi connectivity index (χ2v) is 9.34. The van der Waals surface area contributed by atoms with E-state index in [0.717, 1.165) is 51.9 Å². The third-order valence-corrected chi connectivity index (χ3v) is 6.73. The summed E-state index contributed by atoms with van der Waals surface area (Å²) in [5.74, 6) is 2.42. The molecule has 4 heteroatoms. The minimum atomic E-state index is 0.525. The molecule has 0 spiro atoms. The summed E-state index contributed by atoms with van der Waals surface area (Å²) in [5, 5.41) is 5.75. The number of benzene rings is 2. The van der Waals surface area contributed by atoms with Crippen LogP contribution in [0.2, 0.25) is 0 Å². The van der Waals surface area contributed by atoms with Crippen LogP contribution in [0.15, 0.2) is 66.9 Å². The van der Waals surface area contributed by atoms with Crippen LogP contribution in [0.25, 0.3) is 22.2 Å². The summed E-state index contributed by atoms with van der Waals surface area (Å²) >= 11 is 0. The third-order valence-electron chi connectivity index (χ3n) is 6.73. The lowest BCUT2D eigenvalue weighted by Gasteiger charge is -2.25. The Balaban J connectivity index is 1.24. The van der Waals surface area contributed by atoms with E-state index in [0.29, 0.717) is 6.61 Å². The van der Waals surface area contributed by atoms with Gasteiger partial charge in [-0.1, -0.05) is 68.3 Å². The van der Waals surface area contributed by atoms with Gasteiger partial charge in [-0.05, 0) is 48.8 Å². The summed E-state index contributed by atoms with van der Waals surface area (Å²) in [4.78, 5) is 4.80. The lowest BCUT2D eigenvalue weighted by atomic mass is 9.80. The smallest absolute Gasteiger partial charge is 0.236 e. The Kier molecular flexibility index (Phi) is 5.93. The summed E-state index contributed by atoms with van der Waals surface area (Å²) in [5.41, 5.74) is 5.50. The lowest BCUT2D eigenvalue weighted by Crippen LogP contribution is -2.14. The topological polar surface area (TPSA) is 39.9 Å². The molecule has 0 atom stereocenters. The first-order valence-corrected chi connectivity index (χ1v) is 11.7. The molecule has 1 fully saturated rings. The van der Waals surface area contributed by atoms with Crippen molar-refractivity contribution in [1.82, 2.24) is 14.8 Å². The molecule has 4 nitrogen and oxygen atoms in total. The quantitative estimate of drug-likeness (QED) is 0.350. The van der Waals surface area contributed by atoms with E-state index in [1.807, 2.05) is 23.9 Å². The molecular formula is C28H31N3O.